The summed E-state index contributed by atoms with van der Waals surface area (Å²) in [6.07, 6.45) is -0.943. The third-order valence-corrected chi connectivity index (χ3v) is 5.48. The van der Waals surface area contributed by atoms with E-state index in [-0.39, 0.29) is 48.8 Å². The Morgan fingerprint density at radius 2 is 1.96 bits per heavy atom. The highest BCUT2D eigenvalue weighted by molar-refractivity contribution is 5.77. The van der Waals surface area contributed by atoms with Crippen molar-refractivity contribution in [2.24, 2.45) is 11.8 Å². The zero-order chi connectivity index (χ0) is 19.6. The molecule has 27 heavy (non-hydrogen) atoms. The molecule has 0 radical (unpaired) electrons. The van der Waals surface area contributed by atoms with Crippen LogP contribution in [0.1, 0.15) is 56.0 Å². The summed E-state index contributed by atoms with van der Waals surface area (Å²) >= 11 is 0. The number of aromatic nitrogens is 2. The number of hydrogen-bond donors (Lipinski definition) is 1. The lowest BCUT2D eigenvalue weighted by molar-refractivity contribution is -0.149. The topological polar surface area (TPSA) is 75.3 Å². The molecule has 9 heteroatoms. The first-order valence-corrected chi connectivity index (χ1v) is 9.37. The van der Waals surface area contributed by atoms with E-state index >= 15 is 0 Å². The maximum Gasteiger partial charge on any atom is 0.435 e. The summed E-state index contributed by atoms with van der Waals surface area (Å²) in [7, 11) is 0. The largest absolute Gasteiger partial charge is 0.466 e. The van der Waals surface area contributed by atoms with Crippen LogP contribution in [0.5, 0.6) is 0 Å². The first-order valence-electron chi connectivity index (χ1n) is 9.37. The number of halogens is 3. The average Bonchev–Trinajstić information content (AvgIpc) is 3.06. The van der Waals surface area contributed by atoms with Gasteiger partial charge in [-0.3, -0.25) is 14.7 Å². The Labute approximate surface area is 155 Å². The van der Waals surface area contributed by atoms with Crippen molar-refractivity contribution in [1.29, 1.82) is 0 Å². The van der Waals surface area contributed by atoms with Crippen LogP contribution in [0, 0.1) is 11.8 Å². The van der Waals surface area contributed by atoms with E-state index in [2.05, 4.69) is 10.2 Å². The summed E-state index contributed by atoms with van der Waals surface area (Å²) in [5, 5.41) is 5.82. The molecule has 0 atom stereocenters. The number of alkyl halides is 3. The van der Waals surface area contributed by atoms with Crippen LogP contribution in [0.4, 0.5) is 13.2 Å². The number of esters is 1. The quantitative estimate of drug-likeness (QED) is 0.806. The van der Waals surface area contributed by atoms with Gasteiger partial charge in [-0.1, -0.05) is 0 Å². The van der Waals surface area contributed by atoms with Gasteiger partial charge >= 0.3 is 12.1 Å². The standard InChI is InChI=1S/C18H24F3N3O3/c1-2-27-17(26)12-5-3-11(4-6-12)9-15(25)24-8-7-13-14(10-24)22-23-16(13)18(19,20)21/h11-12H,2-10H2,1H3,(H,22,23). The maximum atomic E-state index is 12.9. The summed E-state index contributed by atoms with van der Waals surface area (Å²) < 4.78 is 43.8. The Hall–Kier alpha value is -2.06. The Morgan fingerprint density at radius 3 is 2.59 bits per heavy atom. The van der Waals surface area contributed by atoms with E-state index in [0.717, 1.165) is 25.7 Å². The average molecular weight is 387 g/mol. The molecule has 0 bridgehead atoms. The summed E-state index contributed by atoms with van der Waals surface area (Å²) in [4.78, 5) is 25.9. The fourth-order valence-electron chi connectivity index (χ4n) is 4.00. The van der Waals surface area contributed by atoms with Gasteiger partial charge in [0.15, 0.2) is 5.69 Å². The number of nitrogens with one attached hydrogen (secondary N) is 1. The van der Waals surface area contributed by atoms with Gasteiger partial charge in [0.25, 0.3) is 0 Å². The van der Waals surface area contributed by atoms with Crippen LogP contribution in [0.2, 0.25) is 0 Å². The third kappa shape index (κ3) is 4.44. The highest BCUT2D eigenvalue weighted by Crippen LogP contribution is 2.35. The number of ether oxygens (including phenoxy) is 1. The van der Waals surface area contributed by atoms with Gasteiger partial charge in [-0.25, -0.2) is 0 Å². The lowest BCUT2D eigenvalue weighted by Crippen LogP contribution is -2.37. The number of amides is 1. The van der Waals surface area contributed by atoms with Gasteiger partial charge in [-0.05, 0) is 44.9 Å². The van der Waals surface area contributed by atoms with Crippen molar-refractivity contribution in [2.75, 3.05) is 13.2 Å². The van der Waals surface area contributed by atoms with Crippen molar-refractivity contribution in [3.05, 3.63) is 17.0 Å². The normalized spacial score (nSPS) is 23.0. The fourth-order valence-corrected chi connectivity index (χ4v) is 4.00. The van der Waals surface area contributed by atoms with Crippen molar-refractivity contribution < 1.29 is 27.5 Å². The molecule has 1 N–H and O–H groups in total. The Bertz CT molecular complexity index is 694. The van der Waals surface area contributed by atoms with Crippen molar-refractivity contribution in [3.8, 4) is 0 Å². The van der Waals surface area contributed by atoms with Crippen LogP contribution in [0.25, 0.3) is 0 Å². The second-order valence-electron chi connectivity index (χ2n) is 7.27. The first kappa shape index (κ1) is 19.7. The molecule has 1 amide bonds. The van der Waals surface area contributed by atoms with E-state index in [1.54, 1.807) is 11.8 Å². The maximum absolute atomic E-state index is 12.9. The number of aromatic amines is 1. The monoisotopic (exact) mass is 387 g/mol. The van der Waals surface area contributed by atoms with Crippen LogP contribution < -0.4 is 0 Å². The van der Waals surface area contributed by atoms with Gasteiger partial charge in [0.1, 0.15) is 0 Å². The minimum absolute atomic E-state index is 0.0524. The van der Waals surface area contributed by atoms with Crippen molar-refractivity contribution in [3.63, 3.8) is 0 Å². The van der Waals surface area contributed by atoms with Crippen LogP contribution in [-0.4, -0.2) is 40.1 Å². The van der Waals surface area contributed by atoms with Crippen molar-refractivity contribution in [2.45, 2.75) is 58.2 Å². The van der Waals surface area contributed by atoms with Gasteiger partial charge in [-0.15, -0.1) is 0 Å². The van der Waals surface area contributed by atoms with E-state index in [0.29, 0.717) is 18.7 Å². The molecule has 0 unspecified atom stereocenters. The second-order valence-corrected chi connectivity index (χ2v) is 7.27. The van der Waals surface area contributed by atoms with Crippen LogP contribution >= 0.6 is 0 Å². The number of nitrogens with zero attached hydrogens (tertiary/aromatic N) is 2. The lowest BCUT2D eigenvalue weighted by Gasteiger charge is -2.31. The van der Waals surface area contributed by atoms with Crippen molar-refractivity contribution >= 4 is 11.9 Å². The third-order valence-electron chi connectivity index (χ3n) is 5.48. The molecule has 150 valence electrons. The van der Waals surface area contributed by atoms with Crippen molar-refractivity contribution in [1.82, 2.24) is 15.1 Å². The lowest BCUT2D eigenvalue weighted by atomic mass is 9.80. The number of rotatable bonds is 4. The molecule has 1 aromatic rings. The number of H-pyrrole nitrogens is 1. The predicted octanol–water partition coefficient (Wildman–Crippen LogP) is 3.07. The molecule has 0 saturated heterocycles. The number of carbonyl (C=O) groups is 2. The van der Waals surface area contributed by atoms with Gasteiger partial charge < -0.3 is 9.64 Å². The molecule has 2 heterocycles. The molecule has 6 nitrogen and oxygen atoms in total. The van der Waals surface area contributed by atoms with Gasteiger partial charge in [0, 0.05) is 18.5 Å². The van der Waals surface area contributed by atoms with Gasteiger partial charge in [-0.2, -0.15) is 18.3 Å². The van der Waals surface area contributed by atoms with E-state index in [4.69, 9.17) is 4.74 Å². The summed E-state index contributed by atoms with van der Waals surface area (Å²) in [6.45, 7) is 2.56. The minimum Gasteiger partial charge on any atom is -0.466 e. The Morgan fingerprint density at radius 1 is 1.26 bits per heavy atom. The fraction of sp³-hybridized carbons (Fsp3) is 0.722. The molecule has 1 fully saturated rings. The molecule has 1 aliphatic heterocycles. The van der Waals surface area contributed by atoms with E-state index < -0.39 is 11.9 Å². The zero-order valence-corrected chi connectivity index (χ0v) is 15.3. The molecule has 1 saturated carbocycles. The summed E-state index contributed by atoms with van der Waals surface area (Å²) in [5.41, 5.74) is -0.337. The highest BCUT2D eigenvalue weighted by atomic mass is 19.4. The first-order chi connectivity index (χ1) is 12.8. The number of fused-ring (bicyclic) bond motifs is 1. The van der Waals surface area contributed by atoms with Gasteiger partial charge in [0.05, 0.1) is 24.8 Å². The Balaban J connectivity index is 1.52. The van der Waals surface area contributed by atoms with E-state index in [9.17, 15) is 22.8 Å². The molecule has 0 aromatic carbocycles. The number of hydrogen-bond acceptors (Lipinski definition) is 4. The molecular formula is C18H24F3N3O3. The Kier molecular flexibility index (Phi) is 5.76. The molecular weight excluding hydrogens is 363 g/mol. The van der Waals surface area contributed by atoms with Crippen LogP contribution in [-0.2, 0) is 33.5 Å². The number of carbonyl (C=O) groups excluding carboxylic acids is 2. The smallest absolute Gasteiger partial charge is 0.435 e. The predicted molar refractivity (Wildman–Crippen MR) is 89.4 cm³/mol. The molecule has 2 aliphatic rings. The summed E-state index contributed by atoms with van der Waals surface area (Å²) in [6, 6.07) is 0. The van der Waals surface area contributed by atoms with Crippen LogP contribution in [0.15, 0.2) is 0 Å². The van der Waals surface area contributed by atoms with E-state index in [1.807, 2.05) is 0 Å². The molecule has 3 rings (SSSR count). The molecule has 0 spiro atoms. The second kappa shape index (κ2) is 7.90. The molecule has 1 aliphatic carbocycles. The van der Waals surface area contributed by atoms with E-state index in [1.165, 1.54) is 0 Å². The highest BCUT2D eigenvalue weighted by Gasteiger charge is 2.39. The SMILES string of the molecule is CCOC(=O)C1CCC(CC(=O)N2CCc3c(C(F)(F)F)n[nH]c3C2)CC1. The minimum atomic E-state index is -4.48. The van der Waals surface area contributed by atoms with Crippen LogP contribution in [0.3, 0.4) is 0 Å². The molecule has 1 aromatic heterocycles. The summed E-state index contributed by atoms with van der Waals surface area (Å²) in [5.74, 6) is -0.0920. The zero-order valence-electron chi connectivity index (χ0n) is 15.3. The van der Waals surface area contributed by atoms with Gasteiger partial charge in [0.2, 0.25) is 5.91 Å².